The molecule has 0 saturated heterocycles. The van der Waals surface area contributed by atoms with Crippen LogP contribution in [0, 0.1) is 0 Å². The summed E-state index contributed by atoms with van der Waals surface area (Å²) in [5, 5.41) is 2.94. The molecule has 0 fully saturated rings. The van der Waals surface area contributed by atoms with Gasteiger partial charge in [0.25, 0.3) is 0 Å². The largest absolute Gasteiger partial charge is 0.436 e. The summed E-state index contributed by atoms with van der Waals surface area (Å²) in [6, 6.07) is 2.28. The first-order valence-electron chi connectivity index (χ1n) is 4.33. The molecule has 0 aromatic carbocycles. The summed E-state index contributed by atoms with van der Waals surface area (Å²) in [6.45, 7) is 0. The van der Waals surface area contributed by atoms with Crippen LogP contribution in [-0.4, -0.2) is 10.1 Å². The lowest BCUT2D eigenvalue weighted by Crippen LogP contribution is -2.04. The van der Waals surface area contributed by atoms with Crippen molar-refractivity contribution in [1.82, 2.24) is 10.1 Å². The number of halogens is 4. The lowest BCUT2D eigenvalue weighted by molar-refractivity contribution is -0.142. The predicted molar refractivity (Wildman–Crippen MR) is 56.8 cm³/mol. The summed E-state index contributed by atoms with van der Waals surface area (Å²) < 4.78 is 42.1. The fraction of sp³-hybridized carbons (Fsp3) is 0.111. The van der Waals surface area contributed by atoms with Gasteiger partial charge in [-0.1, -0.05) is 5.16 Å². The highest BCUT2D eigenvalue weighted by molar-refractivity contribution is 9.10. The number of alkyl halides is 3. The Labute approximate surface area is 102 Å². The van der Waals surface area contributed by atoms with Crippen molar-refractivity contribution in [2.75, 3.05) is 5.73 Å². The van der Waals surface area contributed by atoms with Gasteiger partial charge in [-0.2, -0.15) is 13.2 Å². The van der Waals surface area contributed by atoms with Crippen LogP contribution < -0.4 is 5.73 Å². The Balaban J connectivity index is 2.47. The molecule has 4 nitrogen and oxygen atoms in total. The molecular weight excluding hydrogens is 303 g/mol. The van der Waals surface area contributed by atoms with Crippen LogP contribution in [0.4, 0.5) is 19.0 Å². The molecule has 2 rings (SSSR count). The van der Waals surface area contributed by atoms with E-state index in [4.69, 9.17) is 5.73 Å². The molecule has 2 N–H and O–H groups in total. The van der Waals surface area contributed by atoms with E-state index >= 15 is 0 Å². The van der Waals surface area contributed by atoms with Gasteiger partial charge >= 0.3 is 6.18 Å². The van der Waals surface area contributed by atoms with E-state index in [0.717, 1.165) is 6.07 Å². The van der Waals surface area contributed by atoms with Crippen LogP contribution in [-0.2, 0) is 6.18 Å². The molecule has 0 aliphatic rings. The van der Waals surface area contributed by atoms with Crippen molar-refractivity contribution in [3.63, 3.8) is 0 Å². The monoisotopic (exact) mass is 307 g/mol. The third kappa shape index (κ3) is 2.41. The van der Waals surface area contributed by atoms with E-state index in [-0.39, 0.29) is 17.1 Å². The van der Waals surface area contributed by atoms with E-state index in [1.165, 1.54) is 12.3 Å². The number of nitrogens with zero attached hydrogens (tertiary/aromatic N) is 2. The van der Waals surface area contributed by atoms with Gasteiger partial charge in [-0.25, -0.2) is 4.98 Å². The number of rotatable bonds is 1. The number of pyridine rings is 1. The van der Waals surface area contributed by atoms with Crippen LogP contribution in [0.2, 0.25) is 0 Å². The van der Waals surface area contributed by atoms with Gasteiger partial charge in [0.1, 0.15) is 5.82 Å². The highest BCUT2D eigenvalue weighted by Gasteiger charge is 2.35. The van der Waals surface area contributed by atoms with Crippen LogP contribution in [0.15, 0.2) is 27.3 Å². The molecule has 0 saturated carbocycles. The number of nitrogen functional groups attached to an aromatic ring is 1. The van der Waals surface area contributed by atoms with Crippen LogP contribution in [0.5, 0.6) is 0 Å². The van der Waals surface area contributed by atoms with E-state index in [9.17, 15) is 13.2 Å². The third-order valence-corrected chi connectivity index (χ3v) is 2.38. The maximum atomic E-state index is 12.3. The summed E-state index contributed by atoms with van der Waals surface area (Å²) in [4.78, 5) is 3.79. The standard InChI is InChI=1S/C9H5BrF3N3O/c10-4-1-5(8(14)15-3-4)6-2-7(16-17-6)9(11,12)13/h1-3H,(H2,14,15). The third-order valence-electron chi connectivity index (χ3n) is 1.95. The Kier molecular flexibility index (Phi) is 2.82. The summed E-state index contributed by atoms with van der Waals surface area (Å²) in [5.74, 6) is -0.0123. The molecule has 8 heteroatoms. The molecule has 0 aliphatic carbocycles. The number of aromatic nitrogens is 2. The summed E-state index contributed by atoms with van der Waals surface area (Å²) in [5.41, 5.74) is 4.69. The van der Waals surface area contributed by atoms with Crippen molar-refractivity contribution in [2.24, 2.45) is 0 Å². The zero-order chi connectivity index (χ0) is 12.6. The smallest absolute Gasteiger partial charge is 0.383 e. The lowest BCUT2D eigenvalue weighted by atomic mass is 10.2. The van der Waals surface area contributed by atoms with Crippen molar-refractivity contribution in [1.29, 1.82) is 0 Å². The van der Waals surface area contributed by atoms with Gasteiger partial charge in [0.15, 0.2) is 11.5 Å². The van der Waals surface area contributed by atoms with Crippen molar-refractivity contribution >= 4 is 21.7 Å². The van der Waals surface area contributed by atoms with E-state index in [0.29, 0.717) is 4.47 Å². The Morgan fingerprint density at radius 1 is 1.29 bits per heavy atom. The highest BCUT2D eigenvalue weighted by atomic mass is 79.9. The molecule has 0 aliphatic heterocycles. The predicted octanol–water partition coefficient (Wildman–Crippen LogP) is 3.10. The fourth-order valence-electron chi connectivity index (χ4n) is 1.18. The van der Waals surface area contributed by atoms with Gasteiger partial charge in [-0.3, -0.25) is 0 Å². The van der Waals surface area contributed by atoms with Gasteiger partial charge in [0.05, 0.1) is 5.56 Å². The lowest BCUT2D eigenvalue weighted by Gasteiger charge is -2.00. The molecule has 2 heterocycles. The minimum absolute atomic E-state index is 0.0677. The van der Waals surface area contributed by atoms with Crippen LogP contribution in [0.25, 0.3) is 11.3 Å². The van der Waals surface area contributed by atoms with Crippen LogP contribution in [0.3, 0.4) is 0 Å². The van der Waals surface area contributed by atoms with Gasteiger partial charge in [0.2, 0.25) is 0 Å². The second-order valence-corrected chi connectivity index (χ2v) is 4.08. The highest BCUT2D eigenvalue weighted by Crippen LogP contribution is 2.33. The van der Waals surface area contributed by atoms with E-state index in [1.54, 1.807) is 0 Å². The topological polar surface area (TPSA) is 64.9 Å². The normalized spacial score (nSPS) is 11.8. The molecule has 90 valence electrons. The second-order valence-electron chi connectivity index (χ2n) is 3.16. The first-order chi connectivity index (χ1) is 7.88. The fourth-order valence-corrected chi connectivity index (χ4v) is 1.51. The minimum atomic E-state index is -4.55. The van der Waals surface area contributed by atoms with Crippen molar-refractivity contribution in [3.8, 4) is 11.3 Å². The zero-order valence-electron chi connectivity index (χ0n) is 8.12. The molecule has 0 radical (unpaired) electrons. The van der Waals surface area contributed by atoms with Crippen molar-refractivity contribution < 1.29 is 17.7 Å². The molecular formula is C9H5BrF3N3O. The van der Waals surface area contributed by atoms with Gasteiger partial charge in [-0.05, 0) is 22.0 Å². The first-order valence-corrected chi connectivity index (χ1v) is 5.12. The first kappa shape index (κ1) is 11.9. The number of anilines is 1. The maximum absolute atomic E-state index is 12.3. The SMILES string of the molecule is Nc1ncc(Br)cc1-c1cc(C(F)(F)F)no1. The average molecular weight is 308 g/mol. The van der Waals surface area contributed by atoms with Gasteiger partial charge < -0.3 is 10.3 Å². The molecule has 0 bridgehead atoms. The van der Waals surface area contributed by atoms with E-state index in [1.807, 2.05) is 0 Å². The molecule has 2 aromatic heterocycles. The molecule has 0 unspecified atom stereocenters. The number of hydrogen-bond acceptors (Lipinski definition) is 4. The van der Waals surface area contributed by atoms with Gasteiger partial charge in [-0.15, -0.1) is 0 Å². The second kappa shape index (κ2) is 4.02. The Hall–Kier alpha value is -1.57. The van der Waals surface area contributed by atoms with Crippen molar-refractivity contribution in [3.05, 3.63) is 28.5 Å². The Morgan fingerprint density at radius 3 is 2.59 bits per heavy atom. The molecule has 0 amide bonds. The molecule has 0 spiro atoms. The quantitative estimate of drug-likeness (QED) is 0.879. The number of nitrogens with two attached hydrogens (primary N) is 1. The number of hydrogen-bond donors (Lipinski definition) is 1. The summed E-state index contributed by atoms with van der Waals surface area (Å²) in [7, 11) is 0. The zero-order valence-corrected chi connectivity index (χ0v) is 9.71. The summed E-state index contributed by atoms with van der Waals surface area (Å²) in [6.07, 6.45) is -3.12. The molecule has 0 atom stereocenters. The maximum Gasteiger partial charge on any atom is 0.436 e. The van der Waals surface area contributed by atoms with Gasteiger partial charge in [0, 0.05) is 16.7 Å². The molecule has 2 aromatic rings. The molecule has 17 heavy (non-hydrogen) atoms. The average Bonchev–Trinajstić information content (AvgIpc) is 2.70. The van der Waals surface area contributed by atoms with E-state index < -0.39 is 11.9 Å². The van der Waals surface area contributed by atoms with Crippen LogP contribution >= 0.6 is 15.9 Å². The Bertz CT molecular complexity index is 553. The minimum Gasteiger partial charge on any atom is -0.383 e. The Morgan fingerprint density at radius 2 is 2.00 bits per heavy atom. The van der Waals surface area contributed by atoms with E-state index in [2.05, 4.69) is 30.6 Å². The van der Waals surface area contributed by atoms with Crippen molar-refractivity contribution in [2.45, 2.75) is 6.18 Å². The summed E-state index contributed by atoms with van der Waals surface area (Å²) >= 11 is 3.14. The van der Waals surface area contributed by atoms with Crippen LogP contribution in [0.1, 0.15) is 5.69 Å².